The van der Waals surface area contributed by atoms with Crippen molar-refractivity contribution in [1.29, 1.82) is 0 Å². The summed E-state index contributed by atoms with van der Waals surface area (Å²) in [6, 6.07) is 11.1. The summed E-state index contributed by atoms with van der Waals surface area (Å²) in [6.45, 7) is 2.12. The fraction of sp³-hybridized carbons (Fsp3) is 0.292. The monoisotopic (exact) mass is 467 g/mol. The van der Waals surface area contributed by atoms with Crippen LogP contribution in [0, 0.1) is 0 Å². The first-order valence-corrected chi connectivity index (χ1v) is 10.9. The molecular formula is C24H26ClN5O3. The van der Waals surface area contributed by atoms with Crippen LogP contribution in [0.1, 0.15) is 19.0 Å². The van der Waals surface area contributed by atoms with E-state index < -0.39 is 0 Å². The van der Waals surface area contributed by atoms with Crippen LogP contribution in [0.2, 0.25) is 5.02 Å². The van der Waals surface area contributed by atoms with E-state index in [9.17, 15) is 0 Å². The highest BCUT2D eigenvalue weighted by Crippen LogP contribution is 2.35. The van der Waals surface area contributed by atoms with Crippen molar-refractivity contribution in [3.8, 4) is 28.6 Å². The molecule has 0 spiro atoms. The standard InChI is InChI=1S/C24H26ClN5O3/c1-6-7-17-21-22(30(2)29-17)24(26-15-9-11-18(31-3)16(25)13-15)28-23(27-21)14-8-10-19(32-4)20(12-14)33-5/h8-13H,6-7H2,1-5H3,(H,26,27,28). The molecule has 8 nitrogen and oxygen atoms in total. The number of nitrogens with zero attached hydrogens (tertiary/aromatic N) is 4. The van der Waals surface area contributed by atoms with Crippen LogP contribution in [0.4, 0.5) is 11.5 Å². The van der Waals surface area contributed by atoms with Crippen molar-refractivity contribution >= 4 is 34.1 Å². The predicted octanol–water partition coefficient (Wildman–Crippen LogP) is 5.41. The van der Waals surface area contributed by atoms with Crippen molar-refractivity contribution in [3.05, 3.63) is 47.1 Å². The second-order valence-corrected chi connectivity index (χ2v) is 7.86. The van der Waals surface area contributed by atoms with Gasteiger partial charge >= 0.3 is 0 Å². The van der Waals surface area contributed by atoms with Gasteiger partial charge in [0.25, 0.3) is 0 Å². The highest BCUT2D eigenvalue weighted by atomic mass is 35.5. The maximum atomic E-state index is 6.34. The maximum Gasteiger partial charge on any atom is 0.162 e. The molecule has 172 valence electrons. The Balaban J connectivity index is 1.89. The van der Waals surface area contributed by atoms with E-state index in [0.717, 1.165) is 40.8 Å². The minimum atomic E-state index is 0.504. The van der Waals surface area contributed by atoms with Crippen molar-refractivity contribution in [2.45, 2.75) is 19.8 Å². The molecule has 0 saturated heterocycles. The Bertz CT molecular complexity index is 1310. The van der Waals surface area contributed by atoms with Crippen molar-refractivity contribution in [2.75, 3.05) is 26.6 Å². The SMILES string of the molecule is CCCc1nn(C)c2c(Nc3ccc(OC)c(Cl)c3)nc(-c3ccc(OC)c(OC)c3)nc12. The average molecular weight is 468 g/mol. The molecule has 0 amide bonds. The van der Waals surface area contributed by atoms with Crippen LogP contribution in [0.25, 0.3) is 22.4 Å². The normalized spacial score (nSPS) is 11.0. The topological polar surface area (TPSA) is 83.3 Å². The minimum Gasteiger partial charge on any atom is -0.495 e. The predicted molar refractivity (Wildman–Crippen MR) is 130 cm³/mol. The van der Waals surface area contributed by atoms with E-state index >= 15 is 0 Å². The van der Waals surface area contributed by atoms with Gasteiger partial charge in [-0.25, -0.2) is 9.97 Å². The summed E-state index contributed by atoms with van der Waals surface area (Å²) in [5.41, 5.74) is 4.12. The average Bonchev–Trinajstić information content (AvgIpc) is 3.14. The van der Waals surface area contributed by atoms with E-state index in [1.807, 2.05) is 42.1 Å². The molecular weight excluding hydrogens is 442 g/mol. The lowest BCUT2D eigenvalue weighted by Crippen LogP contribution is -2.02. The first kappa shape index (κ1) is 22.7. The molecule has 0 fully saturated rings. The highest BCUT2D eigenvalue weighted by Gasteiger charge is 2.19. The van der Waals surface area contributed by atoms with Crippen molar-refractivity contribution in [3.63, 3.8) is 0 Å². The molecule has 2 heterocycles. The Morgan fingerprint density at radius 3 is 2.33 bits per heavy atom. The zero-order valence-electron chi connectivity index (χ0n) is 19.3. The lowest BCUT2D eigenvalue weighted by Gasteiger charge is -2.13. The number of ether oxygens (including phenoxy) is 3. The quantitative estimate of drug-likeness (QED) is 0.371. The molecule has 0 unspecified atom stereocenters. The molecule has 0 saturated carbocycles. The molecule has 0 atom stereocenters. The molecule has 0 aliphatic rings. The van der Waals surface area contributed by atoms with Gasteiger partial charge in [-0.2, -0.15) is 5.10 Å². The third-order valence-electron chi connectivity index (χ3n) is 5.29. The number of fused-ring (bicyclic) bond motifs is 1. The number of halogens is 1. The van der Waals surface area contributed by atoms with Gasteiger partial charge in [-0.3, -0.25) is 4.68 Å². The fourth-order valence-electron chi connectivity index (χ4n) is 3.72. The molecule has 4 rings (SSSR count). The summed E-state index contributed by atoms with van der Waals surface area (Å²) in [4.78, 5) is 9.74. The molecule has 2 aromatic carbocycles. The molecule has 0 aliphatic heterocycles. The van der Waals surface area contributed by atoms with Crippen LogP contribution in [-0.2, 0) is 13.5 Å². The Morgan fingerprint density at radius 1 is 0.939 bits per heavy atom. The van der Waals surface area contributed by atoms with Crippen LogP contribution in [0.15, 0.2) is 36.4 Å². The van der Waals surface area contributed by atoms with Gasteiger partial charge in [-0.15, -0.1) is 0 Å². The van der Waals surface area contributed by atoms with E-state index in [4.69, 9.17) is 40.9 Å². The van der Waals surface area contributed by atoms with E-state index in [0.29, 0.717) is 33.9 Å². The minimum absolute atomic E-state index is 0.504. The lowest BCUT2D eigenvalue weighted by atomic mass is 10.1. The van der Waals surface area contributed by atoms with Gasteiger partial charge in [0.1, 0.15) is 16.8 Å². The molecule has 0 radical (unpaired) electrons. The van der Waals surface area contributed by atoms with E-state index in [1.165, 1.54) is 0 Å². The maximum absolute atomic E-state index is 6.34. The number of anilines is 2. The first-order chi connectivity index (χ1) is 16.0. The van der Waals surface area contributed by atoms with Crippen molar-refractivity contribution in [2.24, 2.45) is 7.05 Å². The molecule has 0 bridgehead atoms. The van der Waals surface area contributed by atoms with Crippen LogP contribution >= 0.6 is 11.6 Å². The summed E-state index contributed by atoms with van der Waals surface area (Å²) < 4.78 is 17.9. The van der Waals surface area contributed by atoms with Gasteiger partial charge in [0.15, 0.2) is 23.1 Å². The summed E-state index contributed by atoms with van der Waals surface area (Å²) in [5.74, 6) is 3.03. The van der Waals surface area contributed by atoms with Gasteiger partial charge in [0.2, 0.25) is 0 Å². The van der Waals surface area contributed by atoms with Gasteiger partial charge in [0.05, 0.1) is 32.0 Å². The number of hydrogen-bond donors (Lipinski definition) is 1. The van der Waals surface area contributed by atoms with E-state index in [1.54, 1.807) is 27.4 Å². The summed E-state index contributed by atoms with van der Waals surface area (Å²) >= 11 is 6.34. The Kier molecular flexibility index (Phi) is 6.55. The first-order valence-electron chi connectivity index (χ1n) is 10.6. The molecule has 0 aliphatic carbocycles. The number of benzene rings is 2. The molecule has 33 heavy (non-hydrogen) atoms. The molecule has 9 heteroatoms. The van der Waals surface area contributed by atoms with Crippen LogP contribution < -0.4 is 19.5 Å². The van der Waals surface area contributed by atoms with E-state index in [-0.39, 0.29) is 0 Å². The van der Waals surface area contributed by atoms with Crippen LogP contribution in [0.3, 0.4) is 0 Å². The van der Waals surface area contributed by atoms with Gasteiger partial charge in [0, 0.05) is 18.3 Å². The molecule has 4 aromatic rings. The molecule has 2 aromatic heterocycles. The van der Waals surface area contributed by atoms with E-state index in [2.05, 4.69) is 12.2 Å². The number of methoxy groups -OCH3 is 3. The Hall–Kier alpha value is -3.52. The fourth-order valence-corrected chi connectivity index (χ4v) is 3.98. The smallest absolute Gasteiger partial charge is 0.162 e. The lowest BCUT2D eigenvalue weighted by molar-refractivity contribution is 0.355. The Morgan fingerprint density at radius 2 is 1.67 bits per heavy atom. The third kappa shape index (κ3) is 4.39. The largest absolute Gasteiger partial charge is 0.495 e. The van der Waals surface area contributed by atoms with Crippen molar-refractivity contribution < 1.29 is 14.2 Å². The zero-order chi connectivity index (χ0) is 23.5. The summed E-state index contributed by atoms with van der Waals surface area (Å²) in [7, 11) is 6.69. The third-order valence-corrected chi connectivity index (χ3v) is 5.59. The highest BCUT2D eigenvalue weighted by molar-refractivity contribution is 6.32. The second-order valence-electron chi connectivity index (χ2n) is 7.46. The zero-order valence-corrected chi connectivity index (χ0v) is 20.0. The number of hydrogen-bond acceptors (Lipinski definition) is 7. The summed E-state index contributed by atoms with van der Waals surface area (Å²) in [5, 5.41) is 8.60. The Labute approximate surface area is 197 Å². The van der Waals surface area contributed by atoms with Crippen LogP contribution in [-0.4, -0.2) is 41.1 Å². The number of rotatable bonds is 8. The second kappa shape index (κ2) is 9.54. The summed E-state index contributed by atoms with van der Waals surface area (Å²) in [6.07, 6.45) is 1.77. The van der Waals surface area contributed by atoms with Crippen molar-refractivity contribution in [1.82, 2.24) is 19.7 Å². The number of nitrogens with one attached hydrogen (secondary N) is 1. The van der Waals surface area contributed by atoms with Gasteiger partial charge < -0.3 is 19.5 Å². The van der Waals surface area contributed by atoms with Crippen LogP contribution in [0.5, 0.6) is 17.2 Å². The molecule has 1 N–H and O–H groups in total. The van der Waals surface area contributed by atoms with Gasteiger partial charge in [-0.1, -0.05) is 24.9 Å². The van der Waals surface area contributed by atoms with Gasteiger partial charge in [-0.05, 0) is 42.8 Å². The number of aryl methyl sites for hydroxylation is 2. The number of aromatic nitrogens is 4.